The Morgan fingerprint density at radius 2 is 1.45 bits per heavy atom. The minimum absolute atomic E-state index is 0.115. The molecule has 3 aromatic carbocycles. The van der Waals surface area contributed by atoms with Crippen LogP contribution in [0.4, 0.5) is 5.69 Å². The maximum atomic E-state index is 13.6. The summed E-state index contributed by atoms with van der Waals surface area (Å²) in [6, 6.07) is 10.4. The van der Waals surface area contributed by atoms with E-state index >= 15 is 0 Å². The van der Waals surface area contributed by atoms with Gasteiger partial charge in [0, 0.05) is 23.3 Å². The van der Waals surface area contributed by atoms with Gasteiger partial charge in [0.05, 0.1) is 43.3 Å². The first kappa shape index (κ1) is 27.3. The van der Waals surface area contributed by atoms with E-state index in [9.17, 15) is 29.3 Å². The molecule has 194 valence electrons. The van der Waals surface area contributed by atoms with Gasteiger partial charge in [-0.2, -0.15) is 5.01 Å². The number of hydrazine groups is 1. The zero-order valence-electron chi connectivity index (χ0n) is 19.0. The Kier molecular flexibility index (Phi) is 7.61. The lowest BCUT2D eigenvalue weighted by atomic mass is 10.1. The fourth-order valence-corrected chi connectivity index (χ4v) is 4.70. The number of ketones is 1. The van der Waals surface area contributed by atoms with Gasteiger partial charge in [0.1, 0.15) is 12.3 Å². The maximum absolute atomic E-state index is 13.6. The number of imide groups is 1. The summed E-state index contributed by atoms with van der Waals surface area (Å²) in [6.07, 6.45) is 0. The van der Waals surface area contributed by atoms with E-state index in [1.807, 2.05) is 0 Å². The number of rotatable bonds is 7. The lowest BCUT2D eigenvalue weighted by Gasteiger charge is -2.29. The quantitative estimate of drug-likeness (QED) is 0.0848. The normalized spacial score (nSPS) is 12.4. The third-order valence-electron chi connectivity index (χ3n) is 5.57. The lowest BCUT2D eigenvalue weighted by molar-refractivity contribution is -0.384. The average molecular weight is 597 g/mol. The molecule has 1 aliphatic heterocycles. The summed E-state index contributed by atoms with van der Waals surface area (Å²) < 4.78 is 5.12. The number of ether oxygens (including phenoxy) is 1. The summed E-state index contributed by atoms with van der Waals surface area (Å²) in [5, 5.41) is 10.8. The van der Waals surface area contributed by atoms with E-state index in [4.69, 9.17) is 51.1 Å². The molecule has 0 spiro atoms. The maximum Gasteiger partial charge on any atom is 0.282 e. The fourth-order valence-electron chi connectivity index (χ4n) is 3.69. The zero-order valence-corrected chi connectivity index (χ0v) is 22.1. The van der Waals surface area contributed by atoms with Crippen LogP contribution in [-0.4, -0.2) is 52.1 Å². The lowest BCUT2D eigenvalue weighted by Crippen LogP contribution is -2.51. The zero-order chi connectivity index (χ0) is 27.9. The van der Waals surface area contributed by atoms with Crippen molar-refractivity contribution in [3.63, 3.8) is 0 Å². The number of hydrogen-bond acceptors (Lipinski definition) is 7. The van der Waals surface area contributed by atoms with Crippen LogP contribution in [0.25, 0.3) is 0 Å². The highest BCUT2D eigenvalue weighted by Gasteiger charge is 2.46. The first-order valence-corrected chi connectivity index (χ1v) is 12.0. The predicted octanol–water partition coefficient (Wildman–Crippen LogP) is 5.75. The number of carbonyl (C=O) groups is 4. The van der Waals surface area contributed by atoms with E-state index in [0.717, 1.165) is 24.3 Å². The van der Waals surface area contributed by atoms with Crippen LogP contribution >= 0.6 is 46.4 Å². The number of nitro benzene ring substituents is 1. The van der Waals surface area contributed by atoms with E-state index in [0.29, 0.717) is 15.8 Å². The highest BCUT2D eigenvalue weighted by atomic mass is 35.5. The number of nitro groups is 1. The molecule has 1 heterocycles. The summed E-state index contributed by atoms with van der Waals surface area (Å²) in [5.41, 5.74) is -1.13. The number of nitrogens with zero attached hydrogens (tertiary/aromatic N) is 3. The molecule has 0 saturated carbocycles. The van der Waals surface area contributed by atoms with Crippen LogP contribution in [0.2, 0.25) is 20.1 Å². The third kappa shape index (κ3) is 4.67. The summed E-state index contributed by atoms with van der Waals surface area (Å²) in [6.45, 7) is -0.787. The van der Waals surface area contributed by atoms with Crippen molar-refractivity contribution in [1.29, 1.82) is 0 Å². The third-order valence-corrected chi connectivity index (χ3v) is 7.37. The monoisotopic (exact) mass is 595 g/mol. The van der Waals surface area contributed by atoms with Gasteiger partial charge in [-0.05, 0) is 24.3 Å². The molecule has 3 amide bonds. The van der Waals surface area contributed by atoms with Gasteiger partial charge < -0.3 is 4.74 Å². The van der Waals surface area contributed by atoms with Crippen molar-refractivity contribution < 1.29 is 28.8 Å². The summed E-state index contributed by atoms with van der Waals surface area (Å²) in [4.78, 5) is 64.0. The van der Waals surface area contributed by atoms with Crippen molar-refractivity contribution in [3.8, 4) is 5.75 Å². The number of halogens is 4. The number of non-ortho nitro benzene ring substituents is 1. The van der Waals surface area contributed by atoms with Gasteiger partial charge in [0.25, 0.3) is 23.4 Å². The van der Waals surface area contributed by atoms with Gasteiger partial charge in [0.15, 0.2) is 5.78 Å². The van der Waals surface area contributed by atoms with Crippen molar-refractivity contribution in [3.05, 3.63) is 101 Å². The van der Waals surface area contributed by atoms with E-state index in [2.05, 4.69) is 0 Å². The molecule has 0 atom stereocenters. The molecule has 10 nitrogen and oxygen atoms in total. The van der Waals surface area contributed by atoms with E-state index in [1.165, 1.54) is 19.2 Å². The average Bonchev–Trinajstić information content (AvgIpc) is 3.18. The Balaban J connectivity index is 1.81. The van der Waals surface area contributed by atoms with Crippen molar-refractivity contribution in [2.45, 2.75) is 0 Å². The van der Waals surface area contributed by atoms with Crippen molar-refractivity contribution in [2.24, 2.45) is 0 Å². The molecule has 38 heavy (non-hydrogen) atoms. The van der Waals surface area contributed by atoms with Crippen LogP contribution in [0.5, 0.6) is 5.75 Å². The second-order valence-corrected chi connectivity index (χ2v) is 9.26. The number of fused-ring (bicyclic) bond motifs is 1. The Morgan fingerprint density at radius 1 is 0.895 bits per heavy atom. The minimum atomic E-state index is -1.08. The van der Waals surface area contributed by atoms with E-state index in [-0.39, 0.29) is 36.9 Å². The Bertz CT molecular complexity index is 1500. The molecule has 0 radical (unpaired) electrons. The van der Waals surface area contributed by atoms with Crippen LogP contribution in [-0.2, 0) is 0 Å². The predicted molar refractivity (Wildman–Crippen MR) is 138 cm³/mol. The van der Waals surface area contributed by atoms with Crippen molar-refractivity contribution in [1.82, 2.24) is 10.0 Å². The Morgan fingerprint density at radius 3 is 1.95 bits per heavy atom. The van der Waals surface area contributed by atoms with E-state index < -0.39 is 46.1 Å². The number of carbonyl (C=O) groups excluding carboxylic acids is 4. The molecule has 0 fully saturated rings. The second kappa shape index (κ2) is 10.6. The number of Topliss-reactive ketones (excluding diaryl/α,β-unsaturated/α-hetero) is 1. The van der Waals surface area contributed by atoms with Crippen LogP contribution in [0.15, 0.2) is 48.5 Å². The minimum Gasteiger partial charge on any atom is -0.497 e. The molecule has 1 aliphatic rings. The number of amides is 3. The van der Waals surface area contributed by atoms with Crippen LogP contribution in [0.3, 0.4) is 0 Å². The molecule has 4 rings (SSSR count). The molecule has 14 heteroatoms. The highest BCUT2D eigenvalue weighted by molar-refractivity contribution is 6.55. The summed E-state index contributed by atoms with van der Waals surface area (Å²) in [7, 11) is 1.40. The van der Waals surface area contributed by atoms with Gasteiger partial charge in [0.2, 0.25) is 0 Å². The van der Waals surface area contributed by atoms with Crippen molar-refractivity contribution >= 4 is 75.6 Å². The number of benzene rings is 3. The second-order valence-electron chi connectivity index (χ2n) is 7.75. The van der Waals surface area contributed by atoms with Gasteiger partial charge in [-0.25, -0.2) is 5.01 Å². The summed E-state index contributed by atoms with van der Waals surface area (Å²) in [5.74, 6) is -3.46. The van der Waals surface area contributed by atoms with Gasteiger partial charge >= 0.3 is 0 Å². The first-order chi connectivity index (χ1) is 18.0. The molecular formula is C24H13Cl4N3O7. The molecule has 0 aromatic heterocycles. The van der Waals surface area contributed by atoms with Crippen LogP contribution in [0.1, 0.15) is 41.4 Å². The molecule has 0 unspecified atom stereocenters. The summed E-state index contributed by atoms with van der Waals surface area (Å²) >= 11 is 24.5. The highest BCUT2D eigenvalue weighted by Crippen LogP contribution is 2.45. The largest absolute Gasteiger partial charge is 0.497 e. The van der Waals surface area contributed by atoms with E-state index in [1.54, 1.807) is 12.1 Å². The Hall–Kier alpha value is -3.70. The number of methoxy groups -OCH3 is 1. The van der Waals surface area contributed by atoms with Gasteiger partial charge in [-0.1, -0.05) is 58.5 Å². The van der Waals surface area contributed by atoms with Gasteiger partial charge in [-0.15, -0.1) is 0 Å². The molecule has 0 bridgehead atoms. The molecular weight excluding hydrogens is 584 g/mol. The smallest absolute Gasteiger partial charge is 0.282 e. The van der Waals surface area contributed by atoms with Crippen molar-refractivity contribution in [2.75, 3.05) is 13.7 Å². The first-order valence-electron chi connectivity index (χ1n) is 10.5. The SMILES string of the molecule is COc1cccc(C(=O)CN(C(=O)c2ccc([N+](=O)[O-])cc2)N2C(=O)c3c(Cl)c(Cl)c(Cl)c(Cl)c3C2=O)c1. The Labute approximate surface area is 234 Å². The molecule has 0 saturated heterocycles. The van der Waals surface area contributed by atoms with Crippen LogP contribution in [0, 0.1) is 10.1 Å². The van der Waals surface area contributed by atoms with Crippen LogP contribution < -0.4 is 4.74 Å². The molecule has 0 N–H and O–H groups in total. The topological polar surface area (TPSA) is 127 Å². The fraction of sp³-hybridized carbons (Fsp3) is 0.0833. The molecule has 0 aliphatic carbocycles. The standard InChI is InChI=1S/C24H13Cl4N3O7/c1-38-14-4-2-3-12(9-14)15(32)10-29(22(33)11-5-7-13(8-6-11)31(36)37)30-23(34)16-17(24(30)35)19(26)21(28)20(27)18(16)25/h2-9H,10H2,1H3. The molecule has 3 aromatic rings. The number of hydrogen-bond donors (Lipinski definition) is 0. The van der Waals surface area contributed by atoms with Gasteiger partial charge in [-0.3, -0.25) is 29.3 Å².